The third kappa shape index (κ3) is 29.3. The Morgan fingerprint density at radius 3 is 1.35 bits per heavy atom. The third-order valence-electron chi connectivity index (χ3n) is 14.9. The maximum absolute atomic E-state index is 13.3. The van der Waals surface area contributed by atoms with E-state index in [2.05, 4.69) is 104 Å². The van der Waals surface area contributed by atoms with E-state index in [9.17, 15) is 61.0 Å². The molecule has 3 saturated heterocycles. The number of amides is 1. The highest BCUT2D eigenvalue weighted by Gasteiger charge is 2.53. The minimum absolute atomic E-state index is 0.223. The molecule has 0 radical (unpaired) electrons. The molecule has 3 rings (SSSR count). The maximum Gasteiger partial charge on any atom is 0.220 e. The number of hydrogen-bond acceptors (Lipinski definition) is 18. The highest BCUT2D eigenvalue weighted by molar-refractivity contribution is 5.76. The van der Waals surface area contributed by atoms with Crippen LogP contribution >= 0.6 is 0 Å². The minimum atomic E-state index is -1.98. The Balaban J connectivity index is 1.40. The van der Waals surface area contributed by atoms with Crippen LogP contribution in [0.2, 0.25) is 0 Å². The molecular formula is C64H107NO18. The van der Waals surface area contributed by atoms with Gasteiger partial charge in [-0.2, -0.15) is 0 Å². The fourth-order valence-electron chi connectivity index (χ4n) is 9.80. The number of nitrogens with one attached hydrogen (secondary N) is 1. The van der Waals surface area contributed by atoms with Crippen molar-refractivity contribution in [2.75, 3.05) is 26.4 Å². The number of carbonyl (C=O) groups excluding carboxylic acids is 1. The molecule has 0 aromatic carbocycles. The van der Waals surface area contributed by atoms with Crippen LogP contribution in [0.4, 0.5) is 0 Å². The Morgan fingerprint density at radius 2 is 0.843 bits per heavy atom. The van der Waals surface area contributed by atoms with Crippen molar-refractivity contribution in [2.45, 2.75) is 272 Å². The zero-order chi connectivity index (χ0) is 60.5. The molecule has 3 heterocycles. The molecule has 0 bridgehead atoms. The Kier molecular flexibility index (Phi) is 40.9. The van der Waals surface area contributed by atoms with Crippen molar-refractivity contribution in [2.24, 2.45) is 0 Å². The van der Waals surface area contributed by atoms with E-state index in [0.717, 1.165) is 96.3 Å². The molecule has 3 fully saturated rings. The fourth-order valence-corrected chi connectivity index (χ4v) is 9.80. The van der Waals surface area contributed by atoms with E-state index in [1.165, 1.54) is 38.5 Å². The van der Waals surface area contributed by atoms with Crippen LogP contribution in [0, 0.1) is 0 Å². The van der Waals surface area contributed by atoms with Crippen LogP contribution in [0.1, 0.15) is 168 Å². The van der Waals surface area contributed by atoms with Crippen molar-refractivity contribution in [3.63, 3.8) is 0 Å². The van der Waals surface area contributed by atoms with Crippen molar-refractivity contribution in [1.29, 1.82) is 0 Å². The third-order valence-corrected chi connectivity index (χ3v) is 14.9. The van der Waals surface area contributed by atoms with E-state index in [-0.39, 0.29) is 18.9 Å². The zero-order valence-corrected chi connectivity index (χ0v) is 49.6. The predicted molar refractivity (Wildman–Crippen MR) is 318 cm³/mol. The van der Waals surface area contributed by atoms with Gasteiger partial charge in [-0.1, -0.05) is 175 Å². The lowest BCUT2D eigenvalue weighted by molar-refractivity contribution is -0.379. The molecule has 12 N–H and O–H groups in total. The van der Waals surface area contributed by atoms with Gasteiger partial charge in [0, 0.05) is 6.42 Å². The van der Waals surface area contributed by atoms with Crippen LogP contribution in [0.5, 0.6) is 0 Å². The van der Waals surface area contributed by atoms with Crippen molar-refractivity contribution in [1.82, 2.24) is 5.32 Å². The van der Waals surface area contributed by atoms with Gasteiger partial charge in [0.2, 0.25) is 5.91 Å². The van der Waals surface area contributed by atoms with Crippen molar-refractivity contribution in [3.8, 4) is 0 Å². The summed E-state index contributed by atoms with van der Waals surface area (Å²) in [4.78, 5) is 13.3. The second-order valence-corrected chi connectivity index (χ2v) is 21.8. The minimum Gasteiger partial charge on any atom is -0.394 e. The lowest BCUT2D eigenvalue weighted by Crippen LogP contribution is -2.66. The van der Waals surface area contributed by atoms with Gasteiger partial charge in [-0.3, -0.25) is 4.79 Å². The first-order chi connectivity index (χ1) is 40.3. The van der Waals surface area contributed by atoms with Crippen LogP contribution in [0.15, 0.2) is 97.2 Å². The maximum atomic E-state index is 13.3. The zero-order valence-electron chi connectivity index (χ0n) is 49.6. The topological polar surface area (TPSA) is 307 Å². The molecule has 0 aromatic heterocycles. The van der Waals surface area contributed by atoms with E-state index in [4.69, 9.17) is 28.4 Å². The molecular weight excluding hydrogens is 1070 g/mol. The number of rotatable bonds is 44. The van der Waals surface area contributed by atoms with Gasteiger partial charge in [0.1, 0.15) is 73.2 Å². The monoisotopic (exact) mass is 1180 g/mol. The lowest BCUT2D eigenvalue weighted by atomic mass is 9.96. The Bertz CT molecular complexity index is 1890. The predicted octanol–water partition coefficient (Wildman–Crippen LogP) is 6.15. The van der Waals surface area contributed by atoms with Gasteiger partial charge in [0.15, 0.2) is 18.9 Å². The summed E-state index contributed by atoms with van der Waals surface area (Å²) in [6, 6.07) is -0.996. The van der Waals surface area contributed by atoms with Gasteiger partial charge in [-0.15, -0.1) is 0 Å². The molecule has 3 aliphatic rings. The summed E-state index contributed by atoms with van der Waals surface area (Å²) in [7, 11) is 0. The Morgan fingerprint density at radius 1 is 0.446 bits per heavy atom. The van der Waals surface area contributed by atoms with Crippen LogP contribution in [0.25, 0.3) is 0 Å². The van der Waals surface area contributed by atoms with Crippen LogP contribution in [0.3, 0.4) is 0 Å². The van der Waals surface area contributed by atoms with E-state index < -0.39 is 124 Å². The highest BCUT2D eigenvalue weighted by atomic mass is 16.8. The molecule has 19 heteroatoms. The number of allylic oxidation sites excluding steroid dienone is 15. The van der Waals surface area contributed by atoms with Crippen LogP contribution < -0.4 is 5.32 Å². The highest BCUT2D eigenvalue weighted by Crippen LogP contribution is 2.33. The number of aliphatic hydroxyl groups is 11. The van der Waals surface area contributed by atoms with Crippen molar-refractivity contribution >= 4 is 5.91 Å². The lowest BCUT2D eigenvalue weighted by Gasteiger charge is -2.48. The average molecular weight is 1180 g/mol. The molecule has 1 amide bonds. The first kappa shape index (κ1) is 74.0. The summed E-state index contributed by atoms with van der Waals surface area (Å²) in [5.41, 5.74) is 0. The normalized spacial score (nSPS) is 30.1. The van der Waals surface area contributed by atoms with Gasteiger partial charge < -0.3 is 89.9 Å². The molecule has 0 saturated carbocycles. The van der Waals surface area contributed by atoms with Crippen molar-refractivity contribution < 1.29 is 89.4 Å². The summed E-state index contributed by atoms with van der Waals surface area (Å²) in [5.74, 6) is -0.299. The smallest absolute Gasteiger partial charge is 0.220 e. The molecule has 19 nitrogen and oxygen atoms in total. The molecule has 17 unspecified atom stereocenters. The summed E-state index contributed by atoms with van der Waals surface area (Å²) in [6.45, 7) is 1.49. The first-order valence-electron chi connectivity index (χ1n) is 31.0. The molecule has 476 valence electrons. The van der Waals surface area contributed by atoms with E-state index >= 15 is 0 Å². The van der Waals surface area contributed by atoms with Gasteiger partial charge in [-0.25, -0.2) is 0 Å². The summed E-state index contributed by atoms with van der Waals surface area (Å²) < 4.78 is 34.1. The number of carbonyl (C=O) groups is 1. The number of aliphatic hydroxyl groups excluding tert-OH is 11. The number of hydrogen-bond donors (Lipinski definition) is 12. The second kappa shape index (κ2) is 45.9. The Labute approximate surface area is 494 Å². The quantitative estimate of drug-likeness (QED) is 0.0241. The molecule has 0 aromatic rings. The second-order valence-electron chi connectivity index (χ2n) is 21.8. The Hall–Kier alpha value is -3.29. The van der Waals surface area contributed by atoms with Crippen LogP contribution in [-0.2, 0) is 33.2 Å². The largest absolute Gasteiger partial charge is 0.394 e. The molecule has 17 atom stereocenters. The van der Waals surface area contributed by atoms with Gasteiger partial charge >= 0.3 is 0 Å². The SMILES string of the molecule is CC/C=C\C/C=C\C/C=C\C/C=C\C/C=C\C/C=C\CCCCCCCCCCCCC(=O)NC(COC1OC(CO)C(OC2OC(CO)C(OC3OC(CO)C(O)C(O)C3O)C(O)C2O)C(O)C1O)C(O)/C=C/CC/C=C/CCCCC. The summed E-state index contributed by atoms with van der Waals surface area (Å²) >= 11 is 0. The van der Waals surface area contributed by atoms with Gasteiger partial charge in [-0.05, 0) is 83.5 Å². The first-order valence-corrected chi connectivity index (χ1v) is 31.0. The molecule has 0 aliphatic carbocycles. The van der Waals surface area contributed by atoms with E-state index in [1.54, 1.807) is 6.08 Å². The summed E-state index contributed by atoms with van der Waals surface area (Å²) in [5, 5.41) is 120. The number of ether oxygens (including phenoxy) is 6. The molecule has 0 spiro atoms. The fraction of sp³-hybridized carbons (Fsp3) is 0.734. The van der Waals surface area contributed by atoms with E-state index in [1.807, 2.05) is 6.08 Å². The van der Waals surface area contributed by atoms with E-state index in [0.29, 0.717) is 12.8 Å². The van der Waals surface area contributed by atoms with Gasteiger partial charge in [0.05, 0.1) is 38.6 Å². The molecule has 3 aliphatic heterocycles. The summed E-state index contributed by atoms with van der Waals surface area (Å²) in [6.07, 6.45) is 31.3. The standard InChI is InChI=1S/C64H107NO18/c1-3-5-7-9-11-13-14-15-16-17-18-19-20-21-22-23-24-25-26-27-28-29-30-31-32-34-36-38-40-42-52(70)65-47(48(69)41-39-37-35-33-12-10-8-6-4-2)46-78-62-58(76)55(73)60(50(44-67)80-62)83-64-59(77)56(74)61(51(45-68)81-64)82-63-57(75)54(72)53(71)49(43-66)79-63/h5,7,11-13,15-16,18-19,21-22,24-25,33,39,41,47-51,53-64,66-69,71-77H,3-4,6,8-10,14,17,20,23,26-32,34-38,40,42-46H2,1-2H3,(H,65,70)/b7-5-,13-11-,16-15-,19-18-,22-21-,25-24-,33-12+,41-39+. The average Bonchev–Trinajstić information content (AvgIpc) is 3.25. The van der Waals surface area contributed by atoms with Crippen molar-refractivity contribution in [3.05, 3.63) is 97.2 Å². The molecule has 83 heavy (non-hydrogen) atoms. The van der Waals surface area contributed by atoms with Gasteiger partial charge in [0.25, 0.3) is 0 Å². The van der Waals surface area contributed by atoms with Crippen LogP contribution in [-0.4, -0.2) is 193 Å². The number of unbranched alkanes of at least 4 members (excludes halogenated alkanes) is 14.